The smallest absolute Gasteiger partial charge is 0.273 e. The maximum absolute atomic E-state index is 13.8. The number of ether oxygens (including phenoxy) is 1. The van der Waals surface area contributed by atoms with Gasteiger partial charge < -0.3 is 4.74 Å². The predicted molar refractivity (Wildman–Crippen MR) is 96.6 cm³/mol. The van der Waals surface area contributed by atoms with Crippen molar-refractivity contribution in [2.45, 2.75) is 13.1 Å². The SMILES string of the molecule is COc1ccc(CN2CCN(Cc3ccccc3[N+](=O)[O-])CC2)cc1F. The first-order valence-electron chi connectivity index (χ1n) is 8.56. The molecule has 1 heterocycles. The van der Waals surface area contributed by atoms with Crippen LogP contribution in [0.5, 0.6) is 5.75 Å². The summed E-state index contributed by atoms with van der Waals surface area (Å²) in [5.74, 6) is -0.0944. The molecule has 0 amide bonds. The van der Waals surface area contributed by atoms with Crippen molar-refractivity contribution < 1.29 is 14.1 Å². The number of benzene rings is 2. The Labute approximate surface area is 151 Å². The highest BCUT2D eigenvalue weighted by Crippen LogP contribution is 2.21. The Balaban J connectivity index is 1.55. The van der Waals surface area contributed by atoms with Gasteiger partial charge in [0.2, 0.25) is 0 Å². The van der Waals surface area contributed by atoms with E-state index < -0.39 is 0 Å². The molecule has 1 aliphatic heterocycles. The van der Waals surface area contributed by atoms with E-state index >= 15 is 0 Å². The molecule has 0 aromatic heterocycles. The van der Waals surface area contributed by atoms with Crippen LogP contribution in [0.4, 0.5) is 10.1 Å². The standard InChI is InChI=1S/C19H22FN3O3/c1-26-19-7-6-15(12-17(19)20)13-21-8-10-22(11-9-21)14-16-4-2-3-5-18(16)23(24)25/h2-7,12H,8-11,13-14H2,1H3. The quantitative estimate of drug-likeness (QED) is 0.586. The number of nitrogens with zero attached hydrogens (tertiary/aromatic N) is 3. The van der Waals surface area contributed by atoms with Gasteiger partial charge in [-0.2, -0.15) is 0 Å². The van der Waals surface area contributed by atoms with Crippen LogP contribution in [-0.2, 0) is 13.1 Å². The van der Waals surface area contributed by atoms with E-state index in [9.17, 15) is 14.5 Å². The van der Waals surface area contributed by atoms with Gasteiger partial charge in [-0.3, -0.25) is 19.9 Å². The van der Waals surface area contributed by atoms with Gasteiger partial charge in [0.05, 0.1) is 12.0 Å². The van der Waals surface area contributed by atoms with Crippen LogP contribution in [0.3, 0.4) is 0 Å². The van der Waals surface area contributed by atoms with Crippen LogP contribution in [0.25, 0.3) is 0 Å². The molecule has 2 aromatic rings. The second kappa shape index (κ2) is 8.25. The third kappa shape index (κ3) is 4.36. The molecule has 6 nitrogen and oxygen atoms in total. The Morgan fingerprint density at radius 1 is 1.08 bits per heavy atom. The molecule has 0 atom stereocenters. The van der Waals surface area contributed by atoms with E-state index in [0.29, 0.717) is 13.1 Å². The van der Waals surface area contributed by atoms with E-state index in [0.717, 1.165) is 37.3 Å². The van der Waals surface area contributed by atoms with Crippen molar-refractivity contribution in [3.05, 3.63) is 69.5 Å². The zero-order chi connectivity index (χ0) is 18.5. The van der Waals surface area contributed by atoms with Crippen LogP contribution in [0.2, 0.25) is 0 Å². The molecule has 0 unspecified atom stereocenters. The summed E-state index contributed by atoms with van der Waals surface area (Å²) in [4.78, 5) is 15.3. The van der Waals surface area contributed by atoms with Gasteiger partial charge in [0.1, 0.15) is 0 Å². The first kappa shape index (κ1) is 18.3. The molecule has 3 rings (SSSR count). The lowest BCUT2D eigenvalue weighted by Crippen LogP contribution is -2.45. The minimum absolute atomic E-state index is 0.170. The molecular weight excluding hydrogens is 337 g/mol. The Morgan fingerprint density at radius 2 is 1.73 bits per heavy atom. The van der Waals surface area contributed by atoms with Gasteiger partial charge >= 0.3 is 0 Å². The van der Waals surface area contributed by atoms with Crippen LogP contribution in [-0.4, -0.2) is 48.0 Å². The molecule has 1 aliphatic rings. The fourth-order valence-electron chi connectivity index (χ4n) is 3.24. The highest BCUT2D eigenvalue weighted by molar-refractivity contribution is 5.39. The monoisotopic (exact) mass is 359 g/mol. The fourth-order valence-corrected chi connectivity index (χ4v) is 3.24. The Morgan fingerprint density at radius 3 is 2.35 bits per heavy atom. The second-order valence-electron chi connectivity index (χ2n) is 6.41. The van der Waals surface area contributed by atoms with Crippen molar-refractivity contribution in [3.8, 4) is 5.75 Å². The van der Waals surface area contributed by atoms with Gasteiger partial charge in [-0.25, -0.2) is 4.39 Å². The zero-order valence-electron chi connectivity index (χ0n) is 14.7. The molecule has 7 heteroatoms. The maximum Gasteiger partial charge on any atom is 0.273 e. The maximum atomic E-state index is 13.8. The van der Waals surface area contributed by atoms with Gasteiger partial charge in [0.25, 0.3) is 5.69 Å². The number of halogens is 1. The predicted octanol–water partition coefficient (Wildman–Crippen LogP) is 3.06. The lowest BCUT2D eigenvalue weighted by Gasteiger charge is -2.34. The van der Waals surface area contributed by atoms with Crippen molar-refractivity contribution >= 4 is 5.69 Å². The zero-order valence-corrected chi connectivity index (χ0v) is 14.7. The third-order valence-corrected chi connectivity index (χ3v) is 4.67. The van der Waals surface area contributed by atoms with Crippen LogP contribution in [0, 0.1) is 15.9 Å². The van der Waals surface area contributed by atoms with Crippen molar-refractivity contribution in [2.75, 3.05) is 33.3 Å². The molecule has 0 saturated carbocycles. The summed E-state index contributed by atoms with van der Waals surface area (Å²) in [6.07, 6.45) is 0. The van der Waals surface area contributed by atoms with Crippen molar-refractivity contribution in [3.63, 3.8) is 0 Å². The number of hydrogen-bond donors (Lipinski definition) is 0. The first-order chi connectivity index (χ1) is 12.6. The molecule has 26 heavy (non-hydrogen) atoms. The molecule has 138 valence electrons. The number of nitro groups is 1. The lowest BCUT2D eigenvalue weighted by atomic mass is 10.1. The molecule has 0 radical (unpaired) electrons. The summed E-state index contributed by atoms with van der Waals surface area (Å²) in [6.45, 7) is 4.58. The van der Waals surface area contributed by atoms with E-state index in [1.54, 1.807) is 18.2 Å². The summed E-state index contributed by atoms with van der Waals surface area (Å²) in [5.41, 5.74) is 1.82. The van der Waals surface area contributed by atoms with E-state index in [1.165, 1.54) is 13.2 Å². The Hall–Kier alpha value is -2.51. The molecule has 1 fully saturated rings. The van der Waals surface area contributed by atoms with Crippen molar-refractivity contribution in [1.29, 1.82) is 0 Å². The lowest BCUT2D eigenvalue weighted by molar-refractivity contribution is -0.385. The average Bonchev–Trinajstić information content (AvgIpc) is 2.64. The molecule has 1 saturated heterocycles. The van der Waals surface area contributed by atoms with Gasteiger partial charge in [-0.05, 0) is 17.7 Å². The summed E-state index contributed by atoms with van der Waals surface area (Å²) in [6, 6.07) is 11.9. The number of hydrogen-bond acceptors (Lipinski definition) is 5. The molecule has 0 aliphatic carbocycles. The van der Waals surface area contributed by atoms with Crippen LogP contribution >= 0.6 is 0 Å². The number of para-hydroxylation sites is 1. The summed E-state index contributed by atoms with van der Waals surface area (Å²) in [5, 5.41) is 11.1. The van der Waals surface area contributed by atoms with Crippen LogP contribution in [0.15, 0.2) is 42.5 Å². The van der Waals surface area contributed by atoms with Gasteiger partial charge in [0, 0.05) is 50.9 Å². The van der Waals surface area contributed by atoms with Crippen LogP contribution < -0.4 is 4.74 Å². The number of piperazine rings is 1. The summed E-state index contributed by atoms with van der Waals surface area (Å²) < 4.78 is 18.7. The Bertz CT molecular complexity index is 776. The van der Waals surface area contributed by atoms with Crippen molar-refractivity contribution in [2.24, 2.45) is 0 Å². The summed E-state index contributed by atoms with van der Waals surface area (Å²) in [7, 11) is 1.45. The molecule has 2 aromatic carbocycles. The highest BCUT2D eigenvalue weighted by atomic mass is 19.1. The first-order valence-corrected chi connectivity index (χ1v) is 8.56. The fraction of sp³-hybridized carbons (Fsp3) is 0.368. The molecule has 0 N–H and O–H groups in total. The minimum atomic E-state index is -0.347. The largest absolute Gasteiger partial charge is 0.494 e. The summed E-state index contributed by atoms with van der Waals surface area (Å²) >= 11 is 0. The van der Waals surface area contributed by atoms with E-state index in [4.69, 9.17) is 4.74 Å². The van der Waals surface area contributed by atoms with Crippen LogP contribution in [0.1, 0.15) is 11.1 Å². The molecule has 0 bridgehead atoms. The highest BCUT2D eigenvalue weighted by Gasteiger charge is 2.20. The third-order valence-electron chi connectivity index (χ3n) is 4.67. The molecule has 0 spiro atoms. The molecular formula is C19H22FN3O3. The van der Waals surface area contributed by atoms with Gasteiger partial charge in [-0.1, -0.05) is 24.3 Å². The minimum Gasteiger partial charge on any atom is -0.494 e. The number of methoxy groups -OCH3 is 1. The van der Waals surface area contributed by atoms with E-state index in [1.807, 2.05) is 18.2 Å². The number of rotatable bonds is 6. The van der Waals surface area contributed by atoms with Gasteiger partial charge in [0.15, 0.2) is 11.6 Å². The second-order valence-corrected chi connectivity index (χ2v) is 6.41. The van der Waals surface area contributed by atoms with Crippen molar-refractivity contribution in [1.82, 2.24) is 9.80 Å². The number of nitro benzene ring substituents is 1. The topological polar surface area (TPSA) is 58.8 Å². The average molecular weight is 359 g/mol. The normalized spacial score (nSPS) is 15.8. The van der Waals surface area contributed by atoms with Gasteiger partial charge in [-0.15, -0.1) is 0 Å². The van der Waals surface area contributed by atoms with E-state index in [-0.39, 0.29) is 22.2 Å². The Kier molecular flexibility index (Phi) is 5.80. The van der Waals surface area contributed by atoms with E-state index in [2.05, 4.69) is 9.80 Å².